The third-order valence-corrected chi connectivity index (χ3v) is 1.73. The smallest absolute Gasteiger partial charge is 0.0214 e. The van der Waals surface area contributed by atoms with Crippen LogP contribution in [0.15, 0.2) is 0 Å². The zero-order valence-corrected chi connectivity index (χ0v) is 7.57. The zero-order valence-electron chi connectivity index (χ0n) is 7.57. The lowest BCUT2D eigenvalue weighted by molar-refractivity contribution is 0.311. The number of hydrogen-bond donors (Lipinski definition) is 2. The Hall–Kier alpha value is -0.0800. The van der Waals surface area contributed by atoms with Gasteiger partial charge in [0.15, 0.2) is 0 Å². The van der Waals surface area contributed by atoms with Crippen LogP contribution in [0.2, 0.25) is 0 Å². The fraction of sp³-hybridized carbons (Fsp3) is 1.00. The third-order valence-electron chi connectivity index (χ3n) is 1.73. The fourth-order valence-corrected chi connectivity index (χ4v) is 0.606. The first-order valence-electron chi connectivity index (χ1n) is 3.94. The molecule has 0 aromatic heterocycles. The van der Waals surface area contributed by atoms with Gasteiger partial charge in [-0.3, -0.25) is 0 Å². The van der Waals surface area contributed by atoms with Crippen LogP contribution in [0.3, 0.4) is 0 Å². The number of rotatable bonds is 3. The predicted molar refractivity (Wildman–Crippen MR) is 46.0 cm³/mol. The van der Waals surface area contributed by atoms with Crippen molar-refractivity contribution < 1.29 is 0 Å². The van der Waals surface area contributed by atoms with Crippen molar-refractivity contribution in [2.45, 2.75) is 33.7 Å². The summed E-state index contributed by atoms with van der Waals surface area (Å²) in [7, 11) is 0. The van der Waals surface area contributed by atoms with Gasteiger partial charge in [-0.25, -0.2) is 0 Å². The minimum absolute atomic E-state index is 0.224. The molecule has 0 aromatic rings. The van der Waals surface area contributed by atoms with Gasteiger partial charge in [0.05, 0.1) is 0 Å². The van der Waals surface area contributed by atoms with E-state index < -0.39 is 0 Å². The van der Waals surface area contributed by atoms with Gasteiger partial charge in [-0.15, -0.1) is 0 Å². The van der Waals surface area contributed by atoms with Gasteiger partial charge in [0.1, 0.15) is 0 Å². The summed E-state index contributed by atoms with van der Waals surface area (Å²) in [6.45, 7) is 10.5. The fourth-order valence-electron chi connectivity index (χ4n) is 0.606. The molecule has 0 aromatic carbocycles. The molecule has 0 saturated carbocycles. The van der Waals surface area contributed by atoms with Crippen molar-refractivity contribution in [3.63, 3.8) is 0 Å². The summed E-state index contributed by atoms with van der Waals surface area (Å²) in [4.78, 5) is 0. The first kappa shape index (κ1) is 9.92. The average Bonchev–Trinajstić information content (AvgIpc) is 1.80. The van der Waals surface area contributed by atoms with Crippen molar-refractivity contribution in [2.75, 3.05) is 13.1 Å². The van der Waals surface area contributed by atoms with E-state index in [9.17, 15) is 0 Å². The van der Waals surface area contributed by atoms with Crippen LogP contribution in [0.4, 0.5) is 0 Å². The van der Waals surface area contributed by atoms with Crippen LogP contribution in [0.1, 0.15) is 27.7 Å². The van der Waals surface area contributed by atoms with Gasteiger partial charge in [-0.05, 0) is 12.0 Å². The monoisotopic (exact) mass is 144 g/mol. The van der Waals surface area contributed by atoms with Crippen molar-refractivity contribution in [3.05, 3.63) is 0 Å². The van der Waals surface area contributed by atoms with E-state index in [-0.39, 0.29) is 11.5 Å². The molecule has 0 aliphatic heterocycles. The number of hydrogen-bond acceptors (Lipinski definition) is 2. The Morgan fingerprint density at radius 1 is 1.40 bits per heavy atom. The normalized spacial score (nSPS) is 15.3. The molecule has 0 radical (unpaired) electrons. The van der Waals surface area contributed by atoms with Gasteiger partial charge >= 0.3 is 0 Å². The maximum atomic E-state index is 5.87. The topological polar surface area (TPSA) is 38.0 Å². The molecule has 0 heterocycles. The molecule has 0 spiro atoms. The molecule has 10 heavy (non-hydrogen) atoms. The van der Waals surface area contributed by atoms with Gasteiger partial charge in [-0.2, -0.15) is 0 Å². The van der Waals surface area contributed by atoms with Crippen LogP contribution >= 0.6 is 0 Å². The zero-order chi connectivity index (χ0) is 8.20. The van der Waals surface area contributed by atoms with E-state index in [0.29, 0.717) is 0 Å². The second-order valence-electron chi connectivity index (χ2n) is 3.78. The molecular formula is C8H20N2. The summed E-state index contributed by atoms with van der Waals surface area (Å²) in [5, 5.41) is 3.23. The molecule has 2 nitrogen and oxygen atoms in total. The Morgan fingerprint density at radius 3 is 2.20 bits per heavy atom. The van der Waals surface area contributed by atoms with Gasteiger partial charge in [-0.1, -0.05) is 27.7 Å². The van der Waals surface area contributed by atoms with Gasteiger partial charge in [0.2, 0.25) is 0 Å². The molecule has 1 atom stereocenters. The molecule has 62 valence electrons. The van der Waals surface area contributed by atoms with E-state index in [4.69, 9.17) is 5.73 Å². The Labute approximate surface area is 64.2 Å². The molecule has 3 N–H and O–H groups in total. The van der Waals surface area contributed by atoms with E-state index in [1.54, 1.807) is 0 Å². The van der Waals surface area contributed by atoms with Crippen molar-refractivity contribution in [1.82, 2.24) is 5.32 Å². The predicted octanol–water partition coefficient (Wildman–Crippen LogP) is 0.969. The van der Waals surface area contributed by atoms with Crippen LogP contribution < -0.4 is 11.1 Å². The average molecular weight is 144 g/mol. The maximum Gasteiger partial charge on any atom is 0.0214 e. The molecule has 0 saturated heterocycles. The number of nitrogens with one attached hydrogen (secondary N) is 1. The van der Waals surface area contributed by atoms with Crippen molar-refractivity contribution in [3.8, 4) is 0 Å². The molecule has 0 fully saturated rings. The maximum absolute atomic E-state index is 5.87. The second kappa shape index (κ2) is 3.94. The Bertz CT molecular complexity index is 83.7. The minimum atomic E-state index is 0.224. The quantitative estimate of drug-likeness (QED) is 0.619. The summed E-state index contributed by atoms with van der Waals surface area (Å²) >= 11 is 0. The minimum Gasteiger partial charge on any atom is -0.326 e. The highest BCUT2D eigenvalue weighted by molar-refractivity contribution is 4.78. The Morgan fingerprint density at radius 2 is 1.90 bits per heavy atom. The molecule has 0 amide bonds. The molecular weight excluding hydrogens is 124 g/mol. The first-order valence-corrected chi connectivity index (χ1v) is 3.94. The van der Waals surface area contributed by atoms with Crippen LogP contribution in [0.5, 0.6) is 0 Å². The molecule has 0 bridgehead atoms. The highest BCUT2D eigenvalue weighted by Gasteiger charge is 2.19. The summed E-state index contributed by atoms with van der Waals surface area (Å²) in [6.07, 6.45) is 0. The van der Waals surface area contributed by atoms with E-state index in [0.717, 1.165) is 13.1 Å². The lowest BCUT2D eigenvalue weighted by atomic mass is 9.87. The van der Waals surface area contributed by atoms with Gasteiger partial charge in [0, 0.05) is 12.6 Å². The van der Waals surface area contributed by atoms with Crippen LogP contribution in [-0.4, -0.2) is 19.1 Å². The molecule has 0 rings (SSSR count). The summed E-state index contributed by atoms with van der Waals surface area (Å²) in [5.41, 5.74) is 6.10. The van der Waals surface area contributed by atoms with Gasteiger partial charge < -0.3 is 11.1 Å². The molecule has 0 aliphatic rings. The molecule has 0 unspecified atom stereocenters. The summed E-state index contributed by atoms with van der Waals surface area (Å²) < 4.78 is 0. The highest BCUT2D eigenvalue weighted by atomic mass is 14.9. The highest BCUT2D eigenvalue weighted by Crippen LogP contribution is 2.16. The first-order chi connectivity index (χ1) is 4.48. The summed E-state index contributed by atoms with van der Waals surface area (Å²) in [6, 6.07) is 0.257. The lowest BCUT2D eigenvalue weighted by Crippen LogP contribution is -2.43. The summed E-state index contributed by atoms with van der Waals surface area (Å²) in [5.74, 6) is 0. The van der Waals surface area contributed by atoms with Gasteiger partial charge in [0.25, 0.3) is 0 Å². The van der Waals surface area contributed by atoms with Crippen LogP contribution in [-0.2, 0) is 0 Å². The SMILES string of the molecule is CCNC[C@@H](N)C(C)(C)C. The number of likely N-dealkylation sites (N-methyl/N-ethyl adjacent to an activating group) is 1. The van der Waals surface area contributed by atoms with E-state index >= 15 is 0 Å². The van der Waals surface area contributed by atoms with Crippen molar-refractivity contribution in [1.29, 1.82) is 0 Å². The van der Waals surface area contributed by atoms with E-state index in [1.807, 2.05) is 0 Å². The van der Waals surface area contributed by atoms with Crippen LogP contribution in [0.25, 0.3) is 0 Å². The van der Waals surface area contributed by atoms with Crippen molar-refractivity contribution in [2.24, 2.45) is 11.1 Å². The lowest BCUT2D eigenvalue weighted by Gasteiger charge is -2.26. The van der Waals surface area contributed by atoms with E-state index in [1.165, 1.54) is 0 Å². The van der Waals surface area contributed by atoms with Crippen LogP contribution in [0, 0.1) is 5.41 Å². The Balaban J connectivity index is 3.52. The third kappa shape index (κ3) is 3.85. The molecule has 2 heteroatoms. The molecule has 0 aliphatic carbocycles. The van der Waals surface area contributed by atoms with Crippen molar-refractivity contribution >= 4 is 0 Å². The number of nitrogens with two attached hydrogens (primary N) is 1. The Kier molecular flexibility index (Phi) is 3.91. The largest absolute Gasteiger partial charge is 0.326 e. The second-order valence-corrected chi connectivity index (χ2v) is 3.78. The standard InChI is InChI=1S/C8H20N2/c1-5-10-6-7(9)8(2,3)4/h7,10H,5-6,9H2,1-4H3/t7-/m1/s1. The van der Waals surface area contributed by atoms with E-state index in [2.05, 4.69) is 33.0 Å².